The van der Waals surface area contributed by atoms with Crippen LogP contribution in [-0.4, -0.2) is 111 Å². The number of fused-ring (bicyclic) bond motifs is 4. The Bertz CT molecular complexity index is 2310. The maximum absolute atomic E-state index is 14.5. The molecule has 0 spiro atoms. The topological polar surface area (TPSA) is 165 Å². The first-order valence-corrected chi connectivity index (χ1v) is 20.9. The van der Waals surface area contributed by atoms with E-state index in [1.165, 1.54) is 0 Å². The van der Waals surface area contributed by atoms with Crippen molar-refractivity contribution in [2.24, 2.45) is 5.92 Å². The van der Waals surface area contributed by atoms with E-state index in [9.17, 15) is 23.2 Å². The molecular weight excluding hydrogens is 763 g/mol. The number of ether oxygens (including phenoxy) is 1. The molecule has 9 rings (SSSR count). The molecule has 2 bridgehead atoms. The smallest absolute Gasteiger partial charge is 0.282 e. The fourth-order valence-corrected chi connectivity index (χ4v) is 9.75. The van der Waals surface area contributed by atoms with Crippen molar-refractivity contribution in [3.8, 4) is 11.1 Å². The number of hydrogen-bond donors (Lipinski definition) is 2. The van der Waals surface area contributed by atoms with Crippen LogP contribution in [0.1, 0.15) is 93.1 Å². The van der Waals surface area contributed by atoms with E-state index in [0.29, 0.717) is 57.9 Å². The van der Waals surface area contributed by atoms with E-state index in [2.05, 4.69) is 35.8 Å². The molecule has 0 radical (unpaired) electrons. The Labute approximate surface area is 339 Å². The van der Waals surface area contributed by atoms with Crippen LogP contribution in [0.4, 0.5) is 14.6 Å². The number of benzene rings is 1. The number of likely N-dealkylation sites (N-methyl/N-ethyl adjacent to an activating group) is 1. The second kappa shape index (κ2) is 16.8. The zero-order valence-electron chi connectivity index (χ0n) is 33.1. The summed E-state index contributed by atoms with van der Waals surface area (Å²) >= 11 is 0. The number of carbonyl (C=O) groups is 3. The van der Waals surface area contributed by atoms with Crippen LogP contribution in [0.25, 0.3) is 27.7 Å². The van der Waals surface area contributed by atoms with Gasteiger partial charge < -0.3 is 34.5 Å². The van der Waals surface area contributed by atoms with Crippen LogP contribution < -0.4 is 15.5 Å². The standard InChI is InChI=1S/C42H50F2N10O5/c1-45-42(57)32(6-3-17-55)37-31-5-2-4-26(39(31)59-50-37)18-36(56)47-27-11-14-51(15-12-27)21-25-7-9-28(10-8-25)54-23-34(38(49-54)40(43)44)33-20-46-53-16-13-35(48-41(33)53)52-22-30-19-29(52)24-58-30/h2,4-5,13,16-17,20,23,25,27-30,32,40H,3,6-12,14-15,18-19,21-22,24H2,1H3,(H,45,57)(H,47,56). The van der Waals surface area contributed by atoms with E-state index < -0.39 is 12.3 Å². The molecule has 4 aromatic heterocycles. The van der Waals surface area contributed by atoms with Gasteiger partial charge in [0.2, 0.25) is 11.8 Å². The van der Waals surface area contributed by atoms with E-state index in [1.54, 1.807) is 28.6 Å². The minimum absolute atomic E-state index is 0.0399. The number of halogens is 2. The van der Waals surface area contributed by atoms with Gasteiger partial charge in [-0.25, -0.2) is 18.3 Å². The molecule has 3 aliphatic heterocycles. The molecular formula is C42H50F2N10O5. The third-order valence-electron chi connectivity index (χ3n) is 12.9. The van der Waals surface area contributed by atoms with Crippen molar-refractivity contribution in [1.29, 1.82) is 0 Å². The van der Waals surface area contributed by atoms with Crippen molar-refractivity contribution in [3.63, 3.8) is 0 Å². The molecule has 1 aliphatic carbocycles. The number of nitrogens with zero attached hydrogens (tertiary/aromatic N) is 8. The Morgan fingerprint density at radius 2 is 1.86 bits per heavy atom. The van der Waals surface area contributed by atoms with Gasteiger partial charge in [0.15, 0.2) is 11.2 Å². The molecule has 15 nitrogen and oxygen atoms in total. The second-order valence-corrected chi connectivity index (χ2v) is 16.6. The summed E-state index contributed by atoms with van der Waals surface area (Å²) in [5, 5.41) is 19.6. The molecule has 59 heavy (non-hydrogen) atoms. The van der Waals surface area contributed by atoms with Gasteiger partial charge in [0.05, 0.1) is 48.9 Å². The normalized spacial score (nSPS) is 23.1. The third-order valence-corrected chi connectivity index (χ3v) is 12.9. The van der Waals surface area contributed by atoms with Gasteiger partial charge in [-0.1, -0.05) is 17.3 Å². The monoisotopic (exact) mass is 812 g/mol. The number of nitrogens with one attached hydrogen (secondary N) is 2. The lowest BCUT2D eigenvalue weighted by molar-refractivity contribution is -0.123. The lowest BCUT2D eigenvalue weighted by Crippen LogP contribution is -2.46. The van der Waals surface area contributed by atoms with Gasteiger partial charge in [-0.05, 0) is 69.4 Å². The molecule has 4 fully saturated rings. The second-order valence-electron chi connectivity index (χ2n) is 16.6. The van der Waals surface area contributed by atoms with Gasteiger partial charge in [0.25, 0.3) is 6.43 Å². The molecule has 5 aromatic rings. The summed E-state index contributed by atoms with van der Waals surface area (Å²) in [6.45, 7) is 4.20. The molecule has 312 valence electrons. The van der Waals surface area contributed by atoms with Crippen LogP contribution in [0.3, 0.4) is 0 Å². The maximum Gasteiger partial charge on any atom is 0.282 e. The molecule has 17 heteroatoms. The molecule has 3 unspecified atom stereocenters. The number of carbonyl (C=O) groups excluding carboxylic acids is 3. The Hall–Kier alpha value is -5.29. The molecule has 1 saturated carbocycles. The summed E-state index contributed by atoms with van der Waals surface area (Å²) in [5.41, 5.74) is 2.88. The van der Waals surface area contributed by atoms with Crippen molar-refractivity contribution < 1.29 is 32.4 Å². The highest BCUT2D eigenvalue weighted by molar-refractivity contribution is 5.92. The molecule has 3 atom stereocenters. The zero-order chi connectivity index (χ0) is 40.6. The predicted octanol–water partition coefficient (Wildman–Crippen LogP) is 5.01. The fraction of sp³-hybridized carbons (Fsp3) is 0.548. The van der Waals surface area contributed by atoms with Crippen LogP contribution in [0, 0.1) is 5.92 Å². The van der Waals surface area contributed by atoms with Crippen molar-refractivity contribution in [2.45, 2.75) is 101 Å². The first-order chi connectivity index (χ1) is 28.8. The summed E-state index contributed by atoms with van der Waals surface area (Å²) in [7, 11) is 1.55. The first-order valence-electron chi connectivity index (χ1n) is 20.9. The first kappa shape index (κ1) is 39.2. The number of rotatable bonds is 14. The SMILES string of the molecule is CNC(=O)C(CCC=O)c1noc2c(CC(=O)NC3CCN(CC4CCC(n5cc(-c6cnn7ccc(N8CC9CC8CO9)nc67)c(C(F)F)n5)CC4)CC3)cccc12. The number of morpholine rings is 1. The van der Waals surface area contributed by atoms with Crippen LogP contribution in [-0.2, 0) is 25.5 Å². The highest BCUT2D eigenvalue weighted by Gasteiger charge is 2.40. The van der Waals surface area contributed by atoms with Crippen molar-refractivity contribution in [3.05, 3.63) is 59.8 Å². The number of para-hydroxylation sites is 1. The third kappa shape index (κ3) is 7.93. The van der Waals surface area contributed by atoms with Crippen molar-refractivity contribution >= 4 is 40.5 Å². The Kier molecular flexibility index (Phi) is 11.1. The van der Waals surface area contributed by atoms with E-state index >= 15 is 0 Å². The number of piperidine rings is 1. The van der Waals surface area contributed by atoms with E-state index in [1.807, 2.05) is 30.5 Å². The van der Waals surface area contributed by atoms with Gasteiger partial charge >= 0.3 is 0 Å². The largest absolute Gasteiger partial charge is 0.374 e. The molecule has 3 saturated heterocycles. The summed E-state index contributed by atoms with van der Waals surface area (Å²) in [6.07, 6.45) is 10.5. The van der Waals surface area contributed by atoms with Crippen LogP contribution in [0.15, 0.2) is 47.4 Å². The van der Waals surface area contributed by atoms with Crippen LogP contribution in [0.5, 0.6) is 0 Å². The lowest BCUT2D eigenvalue weighted by atomic mass is 9.85. The highest BCUT2D eigenvalue weighted by Crippen LogP contribution is 2.39. The van der Waals surface area contributed by atoms with Crippen LogP contribution >= 0.6 is 0 Å². The van der Waals surface area contributed by atoms with Gasteiger partial charge in [-0.3, -0.25) is 14.3 Å². The molecule has 2 N–H and O–H groups in total. The van der Waals surface area contributed by atoms with E-state index in [0.717, 1.165) is 83.2 Å². The van der Waals surface area contributed by atoms with E-state index in [4.69, 9.17) is 14.2 Å². The van der Waals surface area contributed by atoms with Gasteiger partial charge in [-0.15, -0.1) is 0 Å². The minimum atomic E-state index is -2.73. The Morgan fingerprint density at radius 3 is 2.59 bits per heavy atom. The average molecular weight is 813 g/mol. The highest BCUT2D eigenvalue weighted by atomic mass is 19.3. The number of alkyl halides is 2. The molecule has 2 amide bonds. The molecule has 7 heterocycles. The number of aromatic nitrogens is 6. The van der Waals surface area contributed by atoms with Gasteiger partial charge in [-0.2, -0.15) is 10.2 Å². The number of likely N-dealkylation sites (tertiary alicyclic amines) is 1. The molecule has 4 aliphatic rings. The summed E-state index contributed by atoms with van der Waals surface area (Å²) in [5.74, 6) is 0.342. The number of aldehydes is 1. The predicted molar refractivity (Wildman–Crippen MR) is 213 cm³/mol. The Balaban J connectivity index is 0.770. The zero-order valence-corrected chi connectivity index (χ0v) is 33.1. The van der Waals surface area contributed by atoms with Crippen molar-refractivity contribution in [1.82, 2.24) is 45.1 Å². The lowest BCUT2D eigenvalue weighted by Gasteiger charge is -2.36. The van der Waals surface area contributed by atoms with Gasteiger partial charge in [0.1, 0.15) is 23.5 Å². The summed E-state index contributed by atoms with van der Waals surface area (Å²) < 4.78 is 43.8. The maximum atomic E-state index is 14.5. The van der Waals surface area contributed by atoms with Gasteiger partial charge in [0, 0.05) is 74.6 Å². The van der Waals surface area contributed by atoms with Crippen LogP contribution in [0.2, 0.25) is 0 Å². The minimum Gasteiger partial charge on any atom is -0.374 e. The Morgan fingerprint density at radius 1 is 1.03 bits per heavy atom. The fourth-order valence-electron chi connectivity index (χ4n) is 9.75. The number of anilines is 1. The quantitative estimate of drug-likeness (QED) is 0.145. The molecule has 1 aromatic carbocycles. The van der Waals surface area contributed by atoms with Crippen molar-refractivity contribution in [2.75, 3.05) is 44.7 Å². The summed E-state index contributed by atoms with van der Waals surface area (Å²) in [6, 6.07) is 7.80. The average Bonchev–Trinajstić information content (AvgIpc) is 4.11. The number of amides is 2. The van der Waals surface area contributed by atoms with E-state index in [-0.39, 0.29) is 54.6 Å². The number of hydrogen-bond acceptors (Lipinski definition) is 11. The summed E-state index contributed by atoms with van der Waals surface area (Å²) in [4.78, 5) is 46.5.